The molecule has 208 valence electrons. The first kappa shape index (κ1) is 27.9. The first-order chi connectivity index (χ1) is 19.8. The van der Waals surface area contributed by atoms with Crippen molar-refractivity contribution in [2.24, 2.45) is 11.5 Å². The molecule has 5 N–H and O–H groups in total. The number of hydrogen-bond acceptors (Lipinski definition) is 11. The van der Waals surface area contributed by atoms with Crippen LogP contribution < -0.4 is 26.4 Å². The van der Waals surface area contributed by atoms with Crippen LogP contribution in [0.15, 0.2) is 75.5 Å². The van der Waals surface area contributed by atoms with Crippen molar-refractivity contribution >= 4 is 51.5 Å². The first-order valence-corrected chi connectivity index (χ1v) is 14.4. The number of primary amides is 1. The Bertz CT molecular complexity index is 1640. The van der Waals surface area contributed by atoms with Gasteiger partial charge in [0.1, 0.15) is 11.6 Å². The molecule has 41 heavy (non-hydrogen) atoms. The van der Waals surface area contributed by atoms with Gasteiger partial charge < -0.3 is 21.5 Å². The molecule has 13 heteroatoms. The summed E-state index contributed by atoms with van der Waals surface area (Å²) in [6, 6.07) is 16.0. The molecular weight excluding hydrogens is 562 g/mol. The molecule has 3 aromatic rings. The number of methoxy groups -OCH3 is 1. The number of nitriles is 1. The van der Waals surface area contributed by atoms with E-state index in [-0.39, 0.29) is 34.4 Å². The van der Waals surface area contributed by atoms with Crippen molar-refractivity contribution in [1.82, 2.24) is 10.2 Å². The molecule has 0 spiro atoms. The van der Waals surface area contributed by atoms with Gasteiger partial charge in [-0.3, -0.25) is 19.3 Å². The van der Waals surface area contributed by atoms with E-state index in [0.29, 0.717) is 51.4 Å². The number of anilines is 2. The molecule has 0 radical (unpaired) electrons. The number of allylic oxidation sites excluding steroid dienone is 3. The number of ether oxygens (including phenoxy) is 1. The lowest BCUT2D eigenvalue weighted by molar-refractivity contribution is -0.116. The molecule has 2 aliphatic rings. The zero-order valence-corrected chi connectivity index (χ0v) is 23.6. The number of hydrogen-bond donors (Lipinski definition) is 3. The number of amides is 2. The van der Waals surface area contributed by atoms with Crippen LogP contribution in [0.4, 0.5) is 10.8 Å². The van der Waals surface area contributed by atoms with Crippen LogP contribution in [0.3, 0.4) is 0 Å². The molecule has 0 saturated carbocycles. The largest absolute Gasteiger partial charge is 0.497 e. The Kier molecular flexibility index (Phi) is 8.04. The van der Waals surface area contributed by atoms with Crippen LogP contribution in [0.25, 0.3) is 0 Å². The van der Waals surface area contributed by atoms with Gasteiger partial charge in [0, 0.05) is 17.7 Å². The minimum Gasteiger partial charge on any atom is -0.497 e. The smallest absolute Gasteiger partial charge is 0.250 e. The highest BCUT2D eigenvalue weighted by atomic mass is 32.2. The van der Waals surface area contributed by atoms with E-state index < -0.39 is 11.8 Å². The van der Waals surface area contributed by atoms with Crippen molar-refractivity contribution in [1.29, 1.82) is 5.26 Å². The lowest BCUT2D eigenvalue weighted by Gasteiger charge is -2.38. The highest BCUT2D eigenvalue weighted by molar-refractivity contribution is 8.01. The number of aromatic nitrogens is 2. The fourth-order valence-electron chi connectivity index (χ4n) is 4.91. The third-order valence-corrected chi connectivity index (χ3v) is 8.78. The molecule has 2 heterocycles. The Balaban J connectivity index is 1.40. The number of thioether (sulfide) groups is 1. The van der Waals surface area contributed by atoms with E-state index in [1.807, 2.05) is 12.1 Å². The van der Waals surface area contributed by atoms with Crippen molar-refractivity contribution in [2.45, 2.75) is 29.5 Å². The number of carbonyl (C=O) groups excluding carboxylic acids is 3. The monoisotopic (exact) mass is 587 g/mol. The quantitative estimate of drug-likeness (QED) is 0.329. The Hall–Kier alpha value is -4.67. The van der Waals surface area contributed by atoms with Gasteiger partial charge in [0.2, 0.25) is 11.0 Å². The number of benzene rings is 2. The number of rotatable bonds is 8. The van der Waals surface area contributed by atoms with Crippen molar-refractivity contribution in [3.05, 3.63) is 82.3 Å². The van der Waals surface area contributed by atoms with Gasteiger partial charge in [0.25, 0.3) is 5.91 Å². The Morgan fingerprint density at radius 1 is 1.20 bits per heavy atom. The molecule has 1 unspecified atom stereocenters. The number of ketones is 1. The van der Waals surface area contributed by atoms with E-state index in [1.54, 1.807) is 42.3 Å². The summed E-state index contributed by atoms with van der Waals surface area (Å²) in [5.41, 5.74) is 14.8. The molecule has 2 amide bonds. The van der Waals surface area contributed by atoms with Gasteiger partial charge in [0.15, 0.2) is 10.1 Å². The number of para-hydroxylation sites is 1. The summed E-state index contributed by atoms with van der Waals surface area (Å²) in [6.07, 6.45) is 1.60. The highest BCUT2D eigenvalue weighted by Crippen LogP contribution is 2.47. The number of Topliss-reactive ketones (excluding diaryl/α,β-unsaturated/α-hetero) is 1. The van der Waals surface area contributed by atoms with Crippen LogP contribution in [-0.4, -0.2) is 40.7 Å². The Morgan fingerprint density at radius 3 is 2.66 bits per heavy atom. The molecule has 1 aromatic heterocycles. The minimum absolute atomic E-state index is 0.00245. The van der Waals surface area contributed by atoms with Gasteiger partial charge in [-0.2, -0.15) is 5.26 Å². The maximum absolute atomic E-state index is 13.3. The summed E-state index contributed by atoms with van der Waals surface area (Å²) < 4.78 is 5.76. The molecular formula is C28H25N7O4S2. The zero-order valence-electron chi connectivity index (χ0n) is 21.9. The van der Waals surface area contributed by atoms with E-state index in [1.165, 1.54) is 17.4 Å². The molecule has 5 rings (SSSR count). The summed E-state index contributed by atoms with van der Waals surface area (Å²) in [5, 5.41) is 21.8. The van der Waals surface area contributed by atoms with Gasteiger partial charge in [0.05, 0.1) is 41.7 Å². The summed E-state index contributed by atoms with van der Waals surface area (Å²) in [6.45, 7) is 0. The molecule has 0 saturated heterocycles. The van der Waals surface area contributed by atoms with Crippen LogP contribution >= 0.6 is 23.1 Å². The van der Waals surface area contributed by atoms with E-state index in [9.17, 15) is 19.6 Å². The Morgan fingerprint density at radius 2 is 1.95 bits per heavy atom. The van der Waals surface area contributed by atoms with Crippen LogP contribution in [0.5, 0.6) is 5.75 Å². The summed E-state index contributed by atoms with van der Waals surface area (Å²) >= 11 is 2.36. The SMILES string of the molecule is COc1ccc(C2C(C#N)=C(N)N(c3nnc(SCC(=O)Nc4ccccc4C(N)=O)s3)C3=C2C(=O)CCC3)cc1. The molecule has 0 fully saturated rings. The lowest BCUT2D eigenvalue weighted by Crippen LogP contribution is -2.38. The summed E-state index contributed by atoms with van der Waals surface area (Å²) in [7, 11) is 1.57. The first-order valence-electron chi connectivity index (χ1n) is 12.6. The molecule has 1 aliphatic carbocycles. The topological polar surface area (TPSA) is 177 Å². The van der Waals surface area contributed by atoms with E-state index in [2.05, 4.69) is 21.6 Å². The highest BCUT2D eigenvalue weighted by Gasteiger charge is 2.41. The van der Waals surface area contributed by atoms with Gasteiger partial charge in [-0.15, -0.1) is 10.2 Å². The molecule has 1 atom stereocenters. The number of nitrogens with one attached hydrogen (secondary N) is 1. The average molecular weight is 588 g/mol. The van der Waals surface area contributed by atoms with Crippen LogP contribution in [0.2, 0.25) is 0 Å². The van der Waals surface area contributed by atoms with Crippen LogP contribution in [0.1, 0.15) is 41.1 Å². The predicted molar refractivity (Wildman–Crippen MR) is 155 cm³/mol. The fourth-order valence-corrected chi connectivity index (χ4v) is 6.59. The number of nitrogens with zero attached hydrogens (tertiary/aromatic N) is 4. The van der Waals surface area contributed by atoms with E-state index in [4.69, 9.17) is 16.2 Å². The normalized spacial score (nSPS) is 16.7. The number of carbonyl (C=O) groups is 3. The number of nitrogens with two attached hydrogens (primary N) is 2. The molecule has 1 aliphatic heterocycles. The second-order valence-electron chi connectivity index (χ2n) is 9.19. The van der Waals surface area contributed by atoms with E-state index in [0.717, 1.165) is 17.3 Å². The summed E-state index contributed by atoms with van der Waals surface area (Å²) in [5.74, 6) is -0.776. The van der Waals surface area contributed by atoms with Gasteiger partial charge >= 0.3 is 0 Å². The molecule has 11 nitrogen and oxygen atoms in total. The lowest BCUT2D eigenvalue weighted by atomic mass is 9.76. The minimum atomic E-state index is -0.643. The average Bonchev–Trinajstić information content (AvgIpc) is 3.44. The summed E-state index contributed by atoms with van der Waals surface area (Å²) in [4.78, 5) is 39.2. The molecule has 0 bridgehead atoms. The molecule has 2 aromatic carbocycles. The van der Waals surface area contributed by atoms with Gasteiger partial charge in [-0.25, -0.2) is 0 Å². The Labute approximate surface area is 243 Å². The standard InChI is InChI=1S/C28H25N7O4S2/c1-39-16-11-9-15(10-12-16)23-18(13-29)25(30)35(20-7-4-8-21(36)24(20)23)27-33-34-28(41-27)40-14-22(37)32-19-6-3-2-5-17(19)26(31)38/h2-3,5-6,9-12,23H,4,7-8,14,30H2,1H3,(H2,31,38)(H,32,37). The van der Waals surface area contributed by atoms with Crippen molar-refractivity contribution in [3.63, 3.8) is 0 Å². The maximum atomic E-state index is 13.3. The second-order valence-corrected chi connectivity index (χ2v) is 11.4. The maximum Gasteiger partial charge on any atom is 0.250 e. The fraction of sp³-hybridized carbons (Fsp3) is 0.214. The van der Waals surface area contributed by atoms with Crippen LogP contribution in [0, 0.1) is 11.3 Å². The van der Waals surface area contributed by atoms with Gasteiger partial charge in [-0.1, -0.05) is 47.4 Å². The zero-order chi connectivity index (χ0) is 29.1. The van der Waals surface area contributed by atoms with Crippen LogP contribution in [-0.2, 0) is 9.59 Å². The van der Waals surface area contributed by atoms with Gasteiger partial charge in [-0.05, 0) is 42.7 Å². The van der Waals surface area contributed by atoms with Crippen molar-refractivity contribution < 1.29 is 19.1 Å². The third-order valence-electron chi connectivity index (χ3n) is 6.74. The third kappa shape index (κ3) is 5.52. The van der Waals surface area contributed by atoms with E-state index >= 15 is 0 Å². The van der Waals surface area contributed by atoms with Crippen molar-refractivity contribution in [2.75, 3.05) is 23.1 Å². The predicted octanol–water partition coefficient (Wildman–Crippen LogP) is 3.68. The second kappa shape index (κ2) is 11.8. The van der Waals surface area contributed by atoms with Crippen molar-refractivity contribution in [3.8, 4) is 11.8 Å².